The van der Waals surface area contributed by atoms with Gasteiger partial charge in [0.25, 0.3) is 0 Å². The van der Waals surface area contributed by atoms with Crippen molar-refractivity contribution in [3.8, 4) is 11.3 Å². The van der Waals surface area contributed by atoms with Crippen LogP contribution >= 0.6 is 0 Å². The van der Waals surface area contributed by atoms with Gasteiger partial charge in [-0.3, -0.25) is 9.67 Å². The molecule has 0 atom stereocenters. The van der Waals surface area contributed by atoms with E-state index in [-0.39, 0.29) is 0 Å². The fraction of sp³-hybridized carbons (Fsp3) is 0.300. The Bertz CT molecular complexity index is 459. The molecule has 0 bridgehead atoms. The summed E-state index contributed by atoms with van der Waals surface area (Å²) in [5, 5.41) is 4.11. The third-order valence-electron chi connectivity index (χ3n) is 2.05. The number of aromatic nitrogens is 4. The first-order valence-corrected chi connectivity index (χ1v) is 4.46. The van der Waals surface area contributed by atoms with Crippen molar-refractivity contribution in [2.24, 2.45) is 7.05 Å². The zero-order chi connectivity index (χ0) is 10.1. The third-order valence-corrected chi connectivity index (χ3v) is 2.05. The van der Waals surface area contributed by atoms with E-state index in [0.717, 1.165) is 22.6 Å². The zero-order valence-corrected chi connectivity index (χ0v) is 8.52. The van der Waals surface area contributed by atoms with Crippen molar-refractivity contribution < 1.29 is 0 Å². The molecule has 0 saturated heterocycles. The molecule has 14 heavy (non-hydrogen) atoms. The van der Waals surface area contributed by atoms with Crippen molar-refractivity contribution in [2.75, 3.05) is 0 Å². The van der Waals surface area contributed by atoms with Gasteiger partial charge in [0, 0.05) is 25.0 Å². The van der Waals surface area contributed by atoms with Crippen LogP contribution in [0.15, 0.2) is 18.6 Å². The average Bonchev–Trinajstić information content (AvgIpc) is 2.56. The van der Waals surface area contributed by atoms with Crippen LogP contribution in [0.3, 0.4) is 0 Å². The minimum atomic E-state index is 0.915. The van der Waals surface area contributed by atoms with Crippen LogP contribution < -0.4 is 0 Å². The summed E-state index contributed by atoms with van der Waals surface area (Å²) in [6.07, 6.45) is 5.52. The summed E-state index contributed by atoms with van der Waals surface area (Å²) in [5.41, 5.74) is 3.79. The highest BCUT2D eigenvalue weighted by Crippen LogP contribution is 2.18. The molecule has 0 spiro atoms. The van der Waals surface area contributed by atoms with Crippen molar-refractivity contribution in [3.05, 3.63) is 30.0 Å². The first-order chi connectivity index (χ1) is 6.66. The first kappa shape index (κ1) is 8.87. The molecule has 2 heterocycles. The lowest BCUT2D eigenvalue weighted by molar-refractivity contribution is 0.768. The smallest absolute Gasteiger partial charge is 0.0949 e. The second-order valence-electron chi connectivity index (χ2n) is 3.35. The normalized spacial score (nSPS) is 10.5. The van der Waals surface area contributed by atoms with Gasteiger partial charge in [-0.25, -0.2) is 4.98 Å². The lowest BCUT2D eigenvalue weighted by atomic mass is 10.2. The van der Waals surface area contributed by atoms with Gasteiger partial charge >= 0.3 is 0 Å². The van der Waals surface area contributed by atoms with Gasteiger partial charge < -0.3 is 0 Å². The van der Waals surface area contributed by atoms with Gasteiger partial charge in [-0.1, -0.05) is 0 Å². The fourth-order valence-corrected chi connectivity index (χ4v) is 1.35. The van der Waals surface area contributed by atoms with Crippen molar-refractivity contribution >= 4 is 0 Å². The Labute approximate surface area is 82.6 Å². The Morgan fingerprint density at radius 1 is 1.21 bits per heavy atom. The zero-order valence-electron chi connectivity index (χ0n) is 8.52. The topological polar surface area (TPSA) is 43.6 Å². The van der Waals surface area contributed by atoms with Crippen molar-refractivity contribution in [1.82, 2.24) is 19.7 Å². The van der Waals surface area contributed by atoms with Gasteiger partial charge in [-0.05, 0) is 13.8 Å². The molecule has 2 aromatic rings. The van der Waals surface area contributed by atoms with Crippen LogP contribution in [-0.2, 0) is 7.05 Å². The Balaban J connectivity index is 2.55. The van der Waals surface area contributed by atoms with Crippen LogP contribution in [0.4, 0.5) is 0 Å². The standard InChI is InChI=1S/C10H12N4/c1-7-4-11-8(2)10(13-7)9-5-12-14(3)6-9/h4-6H,1-3H3. The monoisotopic (exact) mass is 188 g/mol. The van der Waals surface area contributed by atoms with Crippen LogP contribution in [-0.4, -0.2) is 19.7 Å². The first-order valence-electron chi connectivity index (χ1n) is 4.46. The van der Waals surface area contributed by atoms with Gasteiger partial charge in [0.1, 0.15) is 0 Å². The molecule has 4 heteroatoms. The molecular weight excluding hydrogens is 176 g/mol. The average molecular weight is 188 g/mol. The highest BCUT2D eigenvalue weighted by atomic mass is 15.2. The highest BCUT2D eigenvalue weighted by molar-refractivity contribution is 5.59. The molecule has 2 aromatic heterocycles. The second-order valence-corrected chi connectivity index (χ2v) is 3.35. The maximum Gasteiger partial charge on any atom is 0.0949 e. The minimum absolute atomic E-state index is 0.915. The van der Waals surface area contributed by atoms with Gasteiger partial charge in [-0.15, -0.1) is 0 Å². The summed E-state index contributed by atoms with van der Waals surface area (Å²) in [5.74, 6) is 0. The van der Waals surface area contributed by atoms with E-state index in [0.29, 0.717) is 0 Å². The van der Waals surface area contributed by atoms with Gasteiger partial charge in [0.15, 0.2) is 0 Å². The summed E-state index contributed by atoms with van der Waals surface area (Å²) >= 11 is 0. The van der Waals surface area contributed by atoms with E-state index in [1.54, 1.807) is 17.1 Å². The lowest BCUT2D eigenvalue weighted by Crippen LogP contribution is -1.93. The molecule has 0 aliphatic carbocycles. The fourth-order valence-electron chi connectivity index (χ4n) is 1.35. The summed E-state index contributed by atoms with van der Waals surface area (Å²) in [6, 6.07) is 0. The number of rotatable bonds is 1. The van der Waals surface area contributed by atoms with E-state index < -0.39 is 0 Å². The van der Waals surface area contributed by atoms with Gasteiger partial charge in [-0.2, -0.15) is 5.10 Å². The maximum absolute atomic E-state index is 4.44. The van der Waals surface area contributed by atoms with E-state index >= 15 is 0 Å². The molecule has 0 N–H and O–H groups in total. The molecule has 0 aliphatic rings. The largest absolute Gasteiger partial charge is 0.275 e. The minimum Gasteiger partial charge on any atom is -0.275 e. The SMILES string of the molecule is Cc1cnc(C)c(-c2cnn(C)c2)n1. The molecule has 0 amide bonds. The Morgan fingerprint density at radius 3 is 2.64 bits per heavy atom. The van der Waals surface area contributed by atoms with E-state index in [1.165, 1.54) is 0 Å². The van der Waals surface area contributed by atoms with Crippen LogP contribution in [0.2, 0.25) is 0 Å². The number of hydrogen-bond acceptors (Lipinski definition) is 3. The lowest BCUT2D eigenvalue weighted by Gasteiger charge is -2.01. The van der Waals surface area contributed by atoms with E-state index in [4.69, 9.17) is 0 Å². The second kappa shape index (κ2) is 3.21. The predicted molar refractivity (Wildman–Crippen MR) is 53.7 cm³/mol. The molecule has 0 fully saturated rings. The van der Waals surface area contributed by atoms with E-state index in [2.05, 4.69) is 15.1 Å². The van der Waals surface area contributed by atoms with Crippen LogP contribution in [0.5, 0.6) is 0 Å². The molecule has 0 aliphatic heterocycles. The predicted octanol–water partition coefficient (Wildman–Crippen LogP) is 1.49. The molecule has 0 radical (unpaired) electrons. The molecule has 4 nitrogen and oxygen atoms in total. The molecule has 0 aromatic carbocycles. The maximum atomic E-state index is 4.44. The van der Waals surface area contributed by atoms with E-state index in [1.807, 2.05) is 27.1 Å². The van der Waals surface area contributed by atoms with Crippen LogP contribution in [0.25, 0.3) is 11.3 Å². The molecular formula is C10H12N4. The van der Waals surface area contributed by atoms with E-state index in [9.17, 15) is 0 Å². The number of hydrogen-bond donors (Lipinski definition) is 0. The summed E-state index contributed by atoms with van der Waals surface area (Å²) in [4.78, 5) is 8.71. The van der Waals surface area contributed by atoms with Gasteiger partial charge in [0.05, 0.1) is 23.3 Å². The molecule has 0 unspecified atom stereocenters. The molecule has 0 saturated carbocycles. The van der Waals surface area contributed by atoms with Crippen LogP contribution in [0.1, 0.15) is 11.4 Å². The Hall–Kier alpha value is -1.71. The summed E-state index contributed by atoms with van der Waals surface area (Å²) in [7, 11) is 1.89. The third kappa shape index (κ3) is 1.51. The quantitative estimate of drug-likeness (QED) is 0.681. The molecule has 2 rings (SSSR count). The molecule has 72 valence electrons. The summed E-state index contributed by atoms with van der Waals surface area (Å²) < 4.78 is 1.76. The number of nitrogens with zero attached hydrogens (tertiary/aromatic N) is 4. The Kier molecular flexibility index (Phi) is 2.04. The van der Waals surface area contributed by atoms with Crippen molar-refractivity contribution in [2.45, 2.75) is 13.8 Å². The van der Waals surface area contributed by atoms with Gasteiger partial charge in [0.2, 0.25) is 0 Å². The van der Waals surface area contributed by atoms with Crippen molar-refractivity contribution in [1.29, 1.82) is 0 Å². The van der Waals surface area contributed by atoms with Crippen LogP contribution in [0, 0.1) is 13.8 Å². The highest BCUT2D eigenvalue weighted by Gasteiger charge is 2.06. The Morgan fingerprint density at radius 2 is 2.00 bits per heavy atom. The van der Waals surface area contributed by atoms with Crippen molar-refractivity contribution in [3.63, 3.8) is 0 Å². The summed E-state index contributed by atoms with van der Waals surface area (Å²) in [6.45, 7) is 3.89. The number of aryl methyl sites for hydroxylation is 3.